The maximum Gasteiger partial charge on any atom is 0.324 e. The molecule has 2 N–H and O–H groups in total. The number of hydrogen-bond donors (Lipinski definition) is 2. The van der Waals surface area contributed by atoms with E-state index in [1.54, 1.807) is 6.07 Å². The van der Waals surface area contributed by atoms with Crippen LogP contribution in [0.3, 0.4) is 0 Å². The molecule has 0 atom stereocenters. The number of nitrogens with zero attached hydrogens (tertiary/aromatic N) is 2. The van der Waals surface area contributed by atoms with Gasteiger partial charge in [-0.2, -0.15) is 0 Å². The summed E-state index contributed by atoms with van der Waals surface area (Å²) in [6.07, 6.45) is 3.91. The van der Waals surface area contributed by atoms with Crippen molar-refractivity contribution in [3.05, 3.63) is 36.1 Å². The summed E-state index contributed by atoms with van der Waals surface area (Å²) in [5.41, 5.74) is 0.521. The van der Waals surface area contributed by atoms with Gasteiger partial charge in [0.05, 0.1) is 0 Å². The van der Waals surface area contributed by atoms with Crippen LogP contribution >= 0.6 is 0 Å². The van der Waals surface area contributed by atoms with Crippen molar-refractivity contribution in [2.24, 2.45) is 0 Å². The molecule has 0 saturated carbocycles. The third kappa shape index (κ3) is 5.99. The highest BCUT2D eigenvalue weighted by atomic mass is 16.5. The van der Waals surface area contributed by atoms with Crippen molar-refractivity contribution in [1.82, 2.24) is 10.1 Å². The van der Waals surface area contributed by atoms with Crippen molar-refractivity contribution in [1.29, 1.82) is 0 Å². The monoisotopic (exact) mass is 386 g/mol. The normalized spacial score (nSPS) is 15.2. The molecule has 1 aliphatic heterocycles. The lowest BCUT2D eigenvalue weighted by molar-refractivity contribution is 0.183. The minimum atomic E-state index is -0.368. The Bertz CT molecular complexity index is 759. The number of hydrogen-bond acceptors (Lipinski definition) is 5. The molecule has 1 aromatic carbocycles. The van der Waals surface area contributed by atoms with E-state index >= 15 is 0 Å². The highest BCUT2D eigenvalue weighted by Crippen LogP contribution is 2.24. The molecule has 0 spiro atoms. The third-order valence-electron chi connectivity index (χ3n) is 4.73. The topological polar surface area (TPSA) is 79.6 Å². The van der Waals surface area contributed by atoms with E-state index in [2.05, 4.69) is 20.7 Å². The molecular formula is C21H30N4O3. The van der Waals surface area contributed by atoms with E-state index in [1.165, 1.54) is 32.4 Å². The van der Waals surface area contributed by atoms with E-state index < -0.39 is 0 Å². The number of amides is 2. The van der Waals surface area contributed by atoms with Gasteiger partial charge in [0.15, 0.2) is 5.82 Å². The molecule has 28 heavy (non-hydrogen) atoms. The average molecular weight is 386 g/mol. The van der Waals surface area contributed by atoms with E-state index in [0.29, 0.717) is 23.9 Å². The number of likely N-dealkylation sites (tertiary alicyclic amines) is 1. The summed E-state index contributed by atoms with van der Waals surface area (Å²) in [4.78, 5) is 14.6. The molecule has 1 fully saturated rings. The van der Waals surface area contributed by atoms with Gasteiger partial charge in [0.25, 0.3) is 0 Å². The van der Waals surface area contributed by atoms with Crippen molar-refractivity contribution in [3.8, 4) is 5.75 Å². The Morgan fingerprint density at radius 1 is 1.14 bits per heavy atom. The summed E-state index contributed by atoms with van der Waals surface area (Å²) in [5.74, 6) is 1.91. The molecule has 3 rings (SSSR count). The third-order valence-corrected chi connectivity index (χ3v) is 4.73. The number of rotatable bonds is 6. The summed E-state index contributed by atoms with van der Waals surface area (Å²) in [6, 6.07) is 8.73. The summed E-state index contributed by atoms with van der Waals surface area (Å²) < 4.78 is 11.1. The average Bonchev–Trinajstić information content (AvgIpc) is 3.13. The van der Waals surface area contributed by atoms with Gasteiger partial charge in [-0.05, 0) is 50.2 Å². The van der Waals surface area contributed by atoms with Gasteiger partial charge in [0.2, 0.25) is 0 Å². The van der Waals surface area contributed by atoms with E-state index in [0.717, 1.165) is 12.3 Å². The largest absolute Gasteiger partial charge is 0.492 e. The molecular weight excluding hydrogens is 356 g/mol. The molecule has 0 bridgehead atoms. The Kier molecular flexibility index (Phi) is 6.57. The number of anilines is 2. The van der Waals surface area contributed by atoms with Crippen LogP contribution in [-0.2, 0) is 5.41 Å². The second kappa shape index (κ2) is 9.10. The fourth-order valence-corrected chi connectivity index (χ4v) is 3.08. The molecule has 0 aliphatic carbocycles. The zero-order valence-corrected chi connectivity index (χ0v) is 17.0. The first-order chi connectivity index (χ1) is 13.4. The Morgan fingerprint density at radius 3 is 2.50 bits per heavy atom. The van der Waals surface area contributed by atoms with Crippen molar-refractivity contribution in [2.75, 3.05) is 36.9 Å². The van der Waals surface area contributed by atoms with Crippen molar-refractivity contribution >= 4 is 17.5 Å². The number of piperidine rings is 1. The SMILES string of the molecule is CC(C)(C)c1cc(NC(=O)Nc2ccc(OCCN3CCCCC3)cc2)no1. The van der Waals surface area contributed by atoms with Crippen molar-refractivity contribution < 1.29 is 14.1 Å². The second-order valence-electron chi connectivity index (χ2n) is 8.18. The number of carbonyl (C=O) groups is 1. The first kappa shape index (κ1) is 20.2. The predicted octanol–water partition coefficient (Wildman–Crippen LogP) is 4.48. The Hall–Kier alpha value is -2.54. The number of ether oxygens (including phenoxy) is 1. The first-order valence-electron chi connectivity index (χ1n) is 9.90. The fraction of sp³-hybridized carbons (Fsp3) is 0.524. The molecule has 1 aromatic heterocycles. The zero-order valence-electron chi connectivity index (χ0n) is 17.0. The van der Waals surface area contributed by atoms with Crippen molar-refractivity contribution in [3.63, 3.8) is 0 Å². The van der Waals surface area contributed by atoms with Gasteiger partial charge >= 0.3 is 6.03 Å². The summed E-state index contributed by atoms with van der Waals surface area (Å²) >= 11 is 0. The molecule has 152 valence electrons. The summed E-state index contributed by atoms with van der Waals surface area (Å²) in [5, 5.41) is 9.33. The molecule has 7 heteroatoms. The quantitative estimate of drug-likeness (QED) is 0.765. The van der Waals surface area contributed by atoms with Crippen LogP contribution in [-0.4, -0.2) is 42.3 Å². The molecule has 2 aromatic rings. The fourth-order valence-electron chi connectivity index (χ4n) is 3.08. The highest BCUT2D eigenvalue weighted by molar-refractivity contribution is 5.99. The minimum absolute atomic E-state index is 0.159. The first-order valence-corrected chi connectivity index (χ1v) is 9.90. The van der Waals surface area contributed by atoms with Crippen LogP contribution in [0.15, 0.2) is 34.9 Å². The summed E-state index contributed by atoms with van der Waals surface area (Å²) in [6.45, 7) is 10.0. The molecule has 0 unspecified atom stereocenters. The molecule has 0 radical (unpaired) electrons. The van der Waals surface area contributed by atoms with Crippen LogP contribution in [0.25, 0.3) is 0 Å². The number of aromatic nitrogens is 1. The van der Waals surface area contributed by atoms with E-state index in [1.807, 2.05) is 45.0 Å². The highest BCUT2D eigenvalue weighted by Gasteiger charge is 2.20. The van der Waals surface area contributed by atoms with Gasteiger partial charge in [0.1, 0.15) is 18.1 Å². The number of urea groups is 1. The predicted molar refractivity (Wildman–Crippen MR) is 110 cm³/mol. The van der Waals surface area contributed by atoms with E-state index in [9.17, 15) is 4.79 Å². The lowest BCUT2D eigenvalue weighted by atomic mass is 9.93. The van der Waals surface area contributed by atoms with Gasteiger partial charge in [0, 0.05) is 23.7 Å². The number of nitrogens with one attached hydrogen (secondary N) is 2. The van der Waals surface area contributed by atoms with Crippen LogP contribution in [0.2, 0.25) is 0 Å². The second-order valence-corrected chi connectivity index (χ2v) is 8.18. The van der Waals surface area contributed by atoms with Gasteiger partial charge in [-0.3, -0.25) is 10.2 Å². The van der Waals surface area contributed by atoms with Crippen LogP contribution < -0.4 is 15.4 Å². The van der Waals surface area contributed by atoms with Gasteiger partial charge in [-0.15, -0.1) is 0 Å². The maximum absolute atomic E-state index is 12.1. The zero-order chi connectivity index (χ0) is 20.0. The summed E-state index contributed by atoms with van der Waals surface area (Å²) in [7, 11) is 0. The standard InChI is InChI=1S/C21H30N4O3/c1-21(2,3)18-15-19(24-28-18)23-20(26)22-16-7-9-17(10-8-16)27-14-13-25-11-5-4-6-12-25/h7-10,15H,4-6,11-14H2,1-3H3,(H2,22,23,24,26). The minimum Gasteiger partial charge on any atom is -0.492 e. The lowest BCUT2D eigenvalue weighted by Crippen LogP contribution is -2.33. The Balaban J connectivity index is 1.43. The smallest absolute Gasteiger partial charge is 0.324 e. The Morgan fingerprint density at radius 2 is 1.86 bits per heavy atom. The number of benzene rings is 1. The molecule has 7 nitrogen and oxygen atoms in total. The lowest BCUT2D eigenvalue weighted by Gasteiger charge is -2.26. The van der Waals surface area contributed by atoms with Gasteiger partial charge in [-0.25, -0.2) is 4.79 Å². The molecule has 1 aliphatic rings. The van der Waals surface area contributed by atoms with Gasteiger partial charge in [-0.1, -0.05) is 32.3 Å². The van der Waals surface area contributed by atoms with Crippen LogP contribution in [0.1, 0.15) is 45.8 Å². The van der Waals surface area contributed by atoms with Crippen molar-refractivity contribution in [2.45, 2.75) is 45.4 Å². The molecule has 2 heterocycles. The maximum atomic E-state index is 12.1. The van der Waals surface area contributed by atoms with Crippen LogP contribution in [0.5, 0.6) is 5.75 Å². The van der Waals surface area contributed by atoms with E-state index in [4.69, 9.17) is 9.26 Å². The Labute approximate surface area is 166 Å². The van der Waals surface area contributed by atoms with Crippen LogP contribution in [0, 0.1) is 0 Å². The number of carbonyl (C=O) groups excluding carboxylic acids is 1. The van der Waals surface area contributed by atoms with Crippen LogP contribution in [0.4, 0.5) is 16.3 Å². The van der Waals surface area contributed by atoms with E-state index in [-0.39, 0.29) is 11.4 Å². The molecule has 1 saturated heterocycles. The van der Waals surface area contributed by atoms with Gasteiger partial charge < -0.3 is 14.6 Å². The molecule has 2 amide bonds.